The van der Waals surface area contributed by atoms with Gasteiger partial charge in [-0.2, -0.15) is 0 Å². The molecule has 6 heteroatoms. The van der Waals surface area contributed by atoms with Crippen molar-refractivity contribution >= 4 is 29.1 Å². The molecule has 1 aromatic rings. The van der Waals surface area contributed by atoms with Gasteiger partial charge in [0.15, 0.2) is 0 Å². The van der Waals surface area contributed by atoms with Crippen LogP contribution in [0.5, 0.6) is 0 Å². The third kappa shape index (κ3) is 7.42. The van der Waals surface area contributed by atoms with E-state index in [1.54, 1.807) is 24.3 Å². The Balaban J connectivity index is 2.41. The highest BCUT2D eigenvalue weighted by Crippen LogP contribution is 2.15. The van der Waals surface area contributed by atoms with Crippen LogP contribution in [-0.4, -0.2) is 24.3 Å². The molecule has 0 saturated carbocycles. The maximum absolute atomic E-state index is 11.8. The van der Waals surface area contributed by atoms with Gasteiger partial charge in [-0.25, -0.2) is 0 Å². The van der Waals surface area contributed by atoms with Crippen molar-refractivity contribution in [2.45, 2.75) is 39.5 Å². The lowest BCUT2D eigenvalue weighted by molar-refractivity contribution is -0.126. The Morgan fingerprint density at radius 1 is 1.00 bits per heavy atom. The molecule has 22 heavy (non-hydrogen) atoms. The second-order valence-corrected chi connectivity index (χ2v) is 5.04. The minimum Gasteiger partial charge on any atom is -0.356 e. The first kappa shape index (κ1) is 17.7. The zero-order valence-electron chi connectivity index (χ0n) is 13.1. The number of nitrogens with one attached hydrogen (secondary N) is 3. The number of amides is 3. The smallest absolute Gasteiger partial charge is 0.233 e. The van der Waals surface area contributed by atoms with Crippen molar-refractivity contribution in [1.82, 2.24) is 5.32 Å². The van der Waals surface area contributed by atoms with E-state index in [2.05, 4.69) is 22.9 Å². The van der Waals surface area contributed by atoms with Gasteiger partial charge in [-0.15, -0.1) is 0 Å². The summed E-state index contributed by atoms with van der Waals surface area (Å²) in [5.74, 6) is -0.852. The fourth-order valence-electron chi connectivity index (χ4n) is 1.89. The summed E-state index contributed by atoms with van der Waals surface area (Å²) in [6.45, 7) is 4.09. The summed E-state index contributed by atoms with van der Waals surface area (Å²) < 4.78 is 0. The lowest BCUT2D eigenvalue weighted by Gasteiger charge is -2.08. The van der Waals surface area contributed by atoms with Gasteiger partial charge in [-0.3, -0.25) is 14.4 Å². The molecule has 3 amide bonds. The Kier molecular flexibility index (Phi) is 7.67. The summed E-state index contributed by atoms with van der Waals surface area (Å²) in [6, 6.07) is 6.77. The average molecular weight is 305 g/mol. The first-order valence-corrected chi connectivity index (χ1v) is 7.45. The van der Waals surface area contributed by atoms with E-state index < -0.39 is 0 Å². The van der Waals surface area contributed by atoms with Gasteiger partial charge in [-0.05, 0) is 24.6 Å². The summed E-state index contributed by atoms with van der Waals surface area (Å²) in [5.41, 5.74) is 1.13. The van der Waals surface area contributed by atoms with Gasteiger partial charge in [0.25, 0.3) is 0 Å². The lowest BCUT2D eigenvalue weighted by atomic mass is 10.2. The van der Waals surface area contributed by atoms with Crippen molar-refractivity contribution in [2.24, 2.45) is 0 Å². The van der Waals surface area contributed by atoms with Gasteiger partial charge < -0.3 is 16.0 Å². The molecule has 1 aromatic carbocycles. The maximum atomic E-state index is 11.8. The highest BCUT2D eigenvalue weighted by Gasteiger charge is 2.09. The third-order valence-electron chi connectivity index (χ3n) is 2.89. The second kappa shape index (κ2) is 9.55. The average Bonchev–Trinajstić information content (AvgIpc) is 2.43. The molecule has 0 fully saturated rings. The van der Waals surface area contributed by atoms with E-state index in [4.69, 9.17) is 0 Å². The highest BCUT2D eigenvalue weighted by atomic mass is 16.2. The Hall–Kier alpha value is -2.37. The molecule has 0 unspecified atom stereocenters. The van der Waals surface area contributed by atoms with E-state index in [0.29, 0.717) is 17.9 Å². The summed E-state index contributed by atoms with van der Waals surface area (Å²) >= 11 is 0. The van der Waals surface area contributed by atoms with Crippen molar-refractivity contribution in [3.8, 4) is 0 Å². The molecule has 0 aromatic heterocycles. The molecule has 1 rings (SSSR count). The molecule has 0 heterocycles. The second-order valence-electron chi connectivity index (χ2n) is 5.04. The van der Waals surface area contributed by atoms with Crippen LogP contribution < -0.4 is 16.0 Å². The van der Waals surface area contributed by atoms with Gasteiger partial charge in [0, 0.05) is 24.8 Å². The highest BCUT2D eigenvalue weighted by molar-refractivity contribution is 6.03. The molecule has 3 N–H and O–H groups in total. The van der Waals surface area contributed by atoms with Gasteiger partial charge in [0.05, 0.1) is 0 Å². The van der Waals surface area contributed by atoms with E-state index in [9.17, 15) is 14.4 Å². The Morgan fingerprint density at radius 2 is 1.68 bits per heavy atom. The quantitative estimate of drug-likeness (QED) is 0.508. The fourth-order valence-corrected chi connectivity index (χ4v) is 1.89. The molecule has 0 saturated heterocycles. The van der Waals surface area contributed by atoms with Crippen LogP contribution in [0, 0.1) is 0 Å². The summed E-state index contributed by atoms with van der Waals surface area (Å²) in [4.78, 5) is 34.4. The molecule has 120 valence electrons. The predicted molar refractivity (Wildman–Crippen MR) is 86.5 cm³/mol. The zero-order valence-corrected chi connectivity index (χ0v) is 13.1. The number of hydrogen-bond acceptors (Lipinski definition) is 3. The molecule has 6 nitrogen and oxygen atoms in total. The standard InChI is InChI=1S/C16H23N3O3/c1-3-4-5-9-17-15(21)11-16(22)19-14-8-6-7-13(10-14)18-12(2)20/h6-8,10H,3-5,9,11H2,1-2H3,(H,17,21)(H,18,20)(H,19,22). The lowest BCUT2D eigenvalue weighted by Crippen LogP contribution is -2.28. The van der Waals surface area contributed by atoms with Crippen LogP contribution in [0.25, 0.3) is 0 Å². The van der Waals surface area contributed by atoms with Crippen LogP contribution in [0.2, 0.25) is 0 Å². The van der Waals surface area contributed by atoms with E-state index in [0.717, 1.165) is 19.3 Å². The Labute approximate surface area is 130 Å². The fraction of sp³-hybridized carbons (Fsp3) is 0.438. The molecular weight excluding hydrogens is 282 g/mol. The number of hydrogen-bond donors (Lipinski definition) is 3. The molecule has 0 bridgehead atoms. The molecule has 0 radical (unpaired) electrons. The van der Waals surface area contributed by atoms with Gasteiger partial charge in [0.2, 0.25) is 17.7 Å². The normalized spacial score (nSPS) is 9.91. The number of carbonyl (C=O) groups excluding carboxylic acids is 3. The number of unbranched alkanes of at least 4 members (excludes halogenated alkanes) is 2. The summed E-state index contributed by atoms with van der Waals surface area (Å²) in [6.07, 6.45) is 2.85. The topological polar surface area (TPSA) is 87.3 Å². The van der Waals surface area contributed by atoms with Crippen molar-refractivity contribution in [3.05, 3.63) is 24.3 Å². The van der Waals surface area contributed by atoms with Crippen molar-refractivity contribution in [2.75, 3.05) is 17.2 Å². The Bertz CT molecular complexity index is 529. The van der Waals surface area contributed by atoms with Crippen molar-refractivity contribution < 1.29 is 14.4 Å². The zero-order chi connectivity index (χ0) is 16.4. The van der Waals surface area contributed by atoms with Crippen LogP contribution in [0.3, 0.4) is 0 Å². The molecule has 0 aliphatic rings. The maximum Gasteiger partial charge on any atom is 0.233 e. The molecular formula is C16H23N3O3. The number of anilines is 2. The van der Waals surface area contributed by atoms with E-state index in [-0.39, 0.29) is 24.1 Å². The molecule has 0 atom stereocenters. The van der Waals surface area contributed by atoms with Crippen molar-refractivity contribution in [3.63, 3.8) is 0 Å². The SMILES string of the molecule is CCCCCNC(=O)CC(=O)Nc1cccc(NC(C)=O)c1. The van der Waals surface area contributed by atoms with Gasteiger partial charge in [0.1, 0.15) is 6.42 Å². The first-order chi connectivity index (χ1) is 10.5. The molecule has 0 aliphatic heterocycles. The summed E-state index contributed by atoms with van der Waals surface area (Å²) in [7, 11) is 0. The monoisotopic (exact) mass is 305 g/mol. The number of carbonyl (C=O) groups is 3. The molecule has 0 spiro atoms. The third-order valence-corrected chi connectivity index (χ3v) is 2.89. The van der Waals surface area contributed by atoms with Gasteiger partial charge in [-0.1, -0.05) is 25.8 Å². The molecule has 0 aliphatic carbocycles. The largest absolute Gasteiger partial charge is 0.356 e. The van der Waals surface area contributed by atoms with Gasteiger partial charge >= 0.3 is 0 Å². The van der Waals surface area contributed by atoms with E-state index in [1.165, 1.54) is 6.92 Å². The summed E-state index contributed by atoms with van der Waals surface area (Å²) in [5, 5.41) is 7.98. The minimum absolute atomic E-state index is 0.185. The van der Waals surface area contributed by atoms with E-state index in [1.807, 2.05) is 0 Å². The number of rotatable bonds is 8. The predicted octanol–water partition coefficient (Wildman–Crippen LogP) is 2.28. The van der Waals surface area contributed by atoms with Crippen LogP contribution in [-0.2, 0) is 14.4 Å². The van der Waals surface area contributed by atoms with Crippen LogP contribution in [0.4, 0.5) is 11.4 Å². The minimum atomic E-state index is -0.382. The van der Waals surface area contributed by atoms with Crippen LogP contribution in [0.15, 0.2) is 24.3 Å². The number of benzene rings is 1. The van der Waals surface area contributed by atoms with Crippen LogP contribution >= 0.6 is 0 Å². The van der Waals surface area contributed by atoms with E-state index >= 15 is 0 Å². The Morgan fingerprint density at radius 3 is 2.32 bits per heavy atom. The van der Waals surface area contributed by atoms with Crippen molar-refractivity contribution in [1.29, 1.82) is 0 Å². The van der Waals surface area contributed by atoms with Crippen LogP contribution in [0.1, 0.15) is 39.5 Å². The first-order valence-electron chi connectivity index (χ1n) is 7.45.